The largest absolute Gasteiger partial charge is 0.308 e. The zero-order valence-corrected chi connectivity index (χ0v) is 28.2. The molecular weight excluding hydrogens is 649 g/mol. The van der Waals surface area contributed by atoms with Crippen LogP contribution in [0, 0.1) is 10.8 Å². The average molecular weight is 675 g/mol. The molecule has 4 nitrogen and oxygen atoms in total. The Morgan fingerprint density at radius 1 is 0.360 bits per heavy atom. The first-order valence-corrected chi connectivity index (χ1v) is 18.2. The minimum absolute atomic E-state index is 0.709. The Morgan fingerprint density at radius 3 is 1.20 bits per heavy atom. The molecule has 0 radical (unpaired) electrons. The molecule has 0 aliphatic carbocycles. The molecule has 0 unspecified atom stereocenters. The highest BCUT2D eigenvalue weighted by Crippen LogP contribution is 2.44. The predicted molar refractivity (Wildman–Crippen MR) is 217 cm³/mol. The number of fused-ring (bicyclic) bond motifs is 12. The maximum Gasteiger partial charge on any atom is 0.0709 e. The van der Waals surface area contributed by atoms with Crippen LogP contribution >= 0.6 is 22.7 Å². The number of aromatic nitrogens is 2. The van der Waals surface area contributed by atoms with E-state index in [9.17, 15) is 0 Å². The van der Waals surface area contributed by atoms with Crippen molar-refractivity contribution in [1.29, 1.82) is 10.8 Å². The van der Waals surface area contributed by atoms with Crippen LogP contribution in [0.3, 0.4) is 0 Å². The minimum Gasteiger partial charge on any atom is -0.308 e. The van der Waals surface area contributed by atoms with Gasteiger partial charge in [-0.1, -0.05) is 72.8 Å². The van der Waals surface area contributed by atoms with E-state index in [1.807, 2.05) is 22.7 Å². The fourth-order valence-electron chi connectivity index (χ4n) is 8.11. The lowest BCUT2D eigenvalue weighted by Crippen LogP contribution is -2.07. The van der Waals surface area contributed by atoms with E-state index >= 15 is 0 Å². The highest BCUT2D eigenvalue weighted by atomic mass is 32.1. The second kappa shape index (κ2) is 10.2. The van der Waals surface area contributed by atoms with Gasteiger partial charge in [0.2, 0.25) is 0 Å². The Balaban J connectivity index is 1.31. The molecule has 0 saturated carbocycles. The number of para-hydroxylation sites is 2. The van der Waals surface area contributed by atoms with Crippen LogP contribution in [0.4, 0.5) is 0 Å². The van der Waals surface area contributed by atoms with Crippen molar-refractivity contribution >= 4 is 119 Å². The lowest BCUT2D eigenvalue weighted by molar-refractivity contribution is 1.09. The van der Waals surface area contributed by atoms with Gasteiger partial charge in [-0.3, -0.25) is 0 Å². The second-order valence-corrected chi connectivity index (χ2v) is 15.1. The number of rotatable bonds is 4. The maximum atomic E-state index is 8.41. The van der Waals surface area contributed by atoms with E-state index < -0.39 is 0 Å². The van der Waals surface area contributed by atoms with Crippen molar-refractivity contribution in [2.75, 3.05) is 0 Å². The summed E-state index contributed by atoms with van der Waals surface area (Å²) in [7, 11) is 0. The number of hydrogen-bond acceptors (Lipinski definition) is 4. The molecule has 11 aromatic rings. The highest BCUT2D eigenvalue weighted by molar-refractivity contribution is 7.26. The highest BCUT2D eigenvalue weighted by Gasteiger charge is 2.22. The van der Waals surface area contributed by atoms with Crippen molar-refractivity contribution in [3.8, 4) is 11.4 Å². The average Bonchev–Trinajstić information content (AvgIpc) is 3.89. The molecule has 7 aromatic carbocycles. The van der Waals surface area contributed by atoms with Gasteiger partial charge >= 0.3 is 0 Å². The van der Waals surface area contributed by atoms with Gasteiger partial charge in [0.1, 0.15) is 0 Å². The lowest BCUT2D eigenvalue weighted by Gasteiger charge is -2.19. The van der Waals surface area contributed by atoms with Gasteiger partial charge in [0.05, 0.1) is 33.4 Å². The molecule has 0 aliphatic heterocycles. The van der Waals surface area contributed by atoms with Gasteiger partial charge in [-0.15, -0.1) is 22.7 Å². The third kappa shape index (κ3) is 3.69. The van der Waals surface area contributed by atoms with E-state index in [0.717, 1.165) is 33.4 Å². The van der Waals surface area contributed by atoms with Crippen molar-refractivity contribution in [2.45, 2.75) is 0 Å². The molecule has 0 amide bonds. The number of hydrogen-bond donors (Lipinski definition) is 2. The normalized spacial score (nSPS) is 12.2. The van der Waals surface area contributed by atoms with Crippen molar-refractivity contribution < 1.29 is 0 Å². The number of benzene rings is 7. The molecule has 0 aliphatic rings. The van der Waals surface area contributed by atoms with Gasteiger partial charge in [0.15, 0.2) is 0 Å². The minimum atomic E-state index is 0.709. The fourth-order valence-corrected chi connectivity index (χ4v) is 10.4. The molecule has 2 N–H and O–H groups in total. The van der Waals surface area contributed by atoms with Crippen molar-refractivity contribution in [1.82, 2.24) is 9.13 Å². The SMILES string of the molecule is N=Cc1cc(-n2c3ccccc3c3cc4c(cc32)sc2ccccc24)c(-n2c3ccccc3c3cc4c(cc32)sc2ccccc24)cc1C=N. The van der Waals surface area contributed by atoms with Crippen LogP contribution in [0.2, 0.25) is 0 Å². The van der Waals surface area contributed by atoms with Crippen LogP contribution in [0.25, 0.3) is 95.3 Å². The smallest absolute Gasteiger partial charge is 0.0709 e. The molecule has 4 aromatic heterocycles. The first kappa shape index (κ1) is 27.8. The maximum absolute atomic E-state index is 8.41. The third-order valence-corrected chi connectivity index (χ3v) is 12.6. The summed E-state index contributed by atoms with van der Waals surface area (Å²) in [5.74, 6) is 0. The number of nitrogens with one attached hydrogen (secondary N) is 2. The van der Waals surface area contributed by atoms with Crippen LogP contribution in [0.1, 0.15) is 11.1 Å². The van der Waals surface area contributed by atoms with Crippen LogP contribution < -0.4 is 0 Å². The summed E-state index contributed by atoms with van der Waals surface area (Å²) >= 11 is 3.66. The molecule has 0 spiro atoms. The van der Waals surface area contributed by atoms with Gasteiger partial charge in [0, 0.05) is 85.4 Å². The third-order valence-electron chi connectivity index (χ3n) is 10.3. The molecule has 11 rings (SSSR count). The van der Waals surface area contributed by atoms with Gasteiger partial charge in [-0.2, -0.15) is 0 Å². The van der Waals surface area contributed by atoms with E-state index in [1.165, 1.54) is 74.3 Å². The quantitative estimate of drug-likeness (QED) is 0.175. The second-order valence-electron chi connectivity index (χ2n) is 12.9. The summed E-state index contributed by atoms with van der Waals surface area (Å²) in [5, 5.41) is 26.7. The number of thiophene rings is 2. The van der Waals surface area contributed by atoms with Gasteiger partial charge < -0.3 is 20.0 Å². The molecule has 50 heavy (non-hydrogen) atoms. The van der Waals surface area contributed by atoms with E-state index in [1.54, 1.807) is 0 Å². The summed E-state index contributed by atoms with van der Waals surface area (Å²) in [5.41, 5.74) is 7.82. The Bertz CT molecular complexity index is 3040. The summed E-state index contributed by atoms with van der Waals surface area (Å²) in [6, 6.07) is 48.2. The fraction of sp³-hybridized carbons (Fsp3) is 0. The van der Waals surface area contributed by atoms with Crippen LogP contribution in [0.15, 0.2) is 133 Å². The Morgan fingerprint density at radius 2 is 0.760 bits per heavy atom. The van der Waals surface area contributed by atoms with E-state index in [2.05, 4.69) is 143 Å². The van der Waals surface area contributed by atoms with Gasteiger partial charge in [-0.05, 0) is 60.7 Å². The van der Waals surface area contributed by atoms with Crippen LogP contribution in [-0.4, -0.2) is 21.6 Å². The Kier molecular flexibility index (Phi) is 5.69. The van der Waals surface area contributed by atoms with Gasteiger partial charge in [0.25, 0.3) is 0 Å². The molecule has 234 valence electrons. The summed E-state index contributed by atoms with van der Waals surface area (Å²) in [6.45, 7) is 0. The lowest BCUT2D eigenvalue weighted by atomic mass is 10.1. The standard InChI is InChI=1S/C44H26N4S2/c45-23-25-17-39(47-35-13-5-1-9-27(35)31-19-33-29-11-3-7-15-41(29)49-43(33)21-37(31)47)40(18-26(25)24-46)48-36-14-6-2-10-28(36)32-20-34-30-12-4-8-16-42(30)50-44(34)22-38(32)48/h1-24,45-46H. The Labute approximate surface area is 293 Å². The first-order valence-electron chi connectivity index (χ1n) is 16.6. The number of nitrogens with zero attached hydrogens (tertiary/aromatic N) is 2. The molecule has 4 heterocycles. The molecule has 0 atom stereocenters. The first-order chi connectivity index (χ1) is 24.7. The zero-order chi connectivity index (χ0) is 33.1. The predicted octanol–water partition coefficient (Wildman–Crippen LogP) is 12.6. The van der Waals surface area contributed by atoms with Crippen LogP contribution in [0.5, 0.6) is 0 Å². The Hall–Kier alpha value is -6.08. The topological polar surface area (TPSA) is 57.6 Å². The summed E-state index contributed by atoms with van der Waals surface area (Å²) in [4.78, 5) is 0. The molecule has 0 fully saturated rings. The van der Waals surface area contributed by atoms with Crippen molar-refractivity contribution in [3.05, 3.63) is 145 Å². The van der Waals surface area contributed by atoms with E-state index in [4.69, 9.17) is 10.8 Å². The van der Waals surface area contributed by atoms with Crippen molar-refractivity contribution in [3.63, 3.8) is 0 Å². The molecule has 0 bridgehead atoms. The van der Waals surface area contributed by atoms with Crippen molar-refractivity contribution in [2.24, 2.45) is 0 Å². The van der Waals surface area contributed by atoms with E-state index in [0.29, 0.717) is 11.1 Å². The molecular formula is C44H26N4S2. The summed E-state index contributed by atoms with van der Waals surface area (Å²) in [6.07, 6.45) is 2.75. The van der Waals surface area contributed by atoms with Gasteiger partial charge in [-0.25, -0.2) is 0 Å². The molecule has 6 heteroatoms. The molecule has 0 saturated heterocycles. The van der Waals surface area contributed by atoms with Crippen LogP contribution in [-0.2, 0) is 0 Å². The summed E-state index contributed by atoms with van der Waals surface area (Å²) < 4.78 is 9.82. The monoisotopic (exact) mass is 674 g/mol. The zero-order valence-electron chi connectivity index (χ0n) is 26.6. The van der Waals surface area contributed by atoms with E-state index in [-0.39, 0.29) is 0 Å².